The zero-order valence-corrected chi connectivity index (χ0v) is 6.65. The molecule has 0 heterocycles. The number of hydrogen-bond donors (Lipinski definition) is 0. The molecule has 57 valence electrons. The van der Waals surface area contributed by atoms with E-state index >= 15 is 0 Å². The van der Waals surface area contributed by atoms with Crippen molar-refractivity contribution in [3.05, 3.63) is 7.11 Å². The van der Waals surface area contributed by atoms with Gasteiger partial charge in [-0.05, 0) is 6.42 Å². The molecule has 0 aliphatic heterocycles. The van der Waals surface area contributed by atoms with Crippen molar-refractivity contribution < 1.29 is 4.74 Å². The summed E-state index contributed by atoms with van der Waals surface area (Å²) in [5.41, 5.74) is 0. The first-order valence-electron chi connectivity index (χ1n) is 3.74. The summed E-state index contributed by atoms with van der Waals surface area (Å²) in [6.07, 6.45) is 4.74. The Morgan fingerprint density at radius 3 is 2.70 bits per heavy atom. The van der Waals surface area contributed by atoms with E-state index in [0.717, 1.165) is 6.42 Å². The SMILES string of the molecule is [CH2]OCC#CCCCCC. The van der Waals surface area contributed by atoms with Crippen molar-refractivity contribution in [2.45, 2.75) is 32.6 Å². The third kappa shape index (κ3) is 7.52. The van der Waals surface area contributed by atoms with Crippen LogP contribution in [0.15, 0.2) is 0 Å². The molecular weight excluding hydrogens is 124 g/mol. The lowest BCUT2D eigenvalue weighted by Crippen LogP contribution is -1.78. The first-order chi connectivity index (χ1) is 4.91. The minimum absolute atomic E-state index is 0.464. The molecule has 0 fully saturated rings. The molecule has 0 bridgehead atoms. The van der Waals surface area contributed by atoms with Gasteiger partial charge in [0.2, 0.25) is 0 Å². The second-order valence-electron chi connectivity index (χ2n) is 2.16. The molecule has 1 radical (unpaired) electrons. The molecule has 0 rings (SSSR count). The fourth-order valence-corrected chi connectivity index (χ4v) is 0.654. The molecule has 0 aliphatic rings. The highest BCUT2D eigenvalue weighted by Crippen LogP contribution is 1.96. The van der Waals surface area contributed by atoms with Crippen LogP contribution in [0.4, 0.5) is 0 Å². The van der Waals surface area contributed by atoms with Crippen LogP contribution in [0.5, 0.6) is 0 Å². The first-order valence-corrected chi connectivity index (χ1v) is 3.74. The Kier molecular flexibility index (Phi) is 8.11. The van der Waals surface area contributed by atoms with E-state index in [1.807, 2.05) is 0 Å². The van der Waals surface area contributed by atoms with Crippen LogP contribution < -0.4 is 0 Å². The first kappa shape index (κ1) is 9.52. The highest BCUT2D eigenvalue weighted by atomic mass is 16.5. The second-order valence-corrected chi connectivity index (χ2v) is 2.16. The minimum atomic E-state index is 0.464. The van der Waals surface area contributed by atoms with Gasteiger partial charge in [-0.15, -0.1) is 5.92 Å². The van der Waals surface area contributed by atoms with E-state index in [-0.39, 0.29) is 0 Å². The maximum absolute atomic E-state index is 4.52. The third-order valence-corrected chi connectivity index (χ3v) is 1.20. The van der Waals surface area contributed by atoms with Gasteiger partial charge in [0, 0.05) is 6.42 Å². The van der Waals surface area contributed by atoms with E-state index in [1.54, 1.807) is 0 Å². The Bertz CT molecular complexity index is 108. The molecule has 0 aliphatic carbocycles. The Morgan fingerprint density at radius 1 is 1.30 bits per heavy atom. The number of ether oxygens (including phenoxy) is 1. The maximum atomic E-state index is 4.52. The van der Waals surface area contributed by atoms with Gasteiger partial charge in [-0.1, -0.05) is 25.7 Å². The van der Waals surface area contributed by atoms with Crippen LogP contribution in [0.3, 0.4) is 0 Å². The molecule has 10 heavy (non-hydrogen) atoms. The van der Waals surface area contributed by atoms with Crippen molar-refractivity contribution in [2.75, 3.05) is 6.61 Å². The van der Waals surface area contributed by atoms with E-state index < -0.39 is 0 Å². The van der Waals surface area contributed by atoms with Crippen LogP contribution >= 0.6 is 0 Å². The van der Waals surface area contributed by atoms with Crippen molar-refractivity contribution >= 4 is 0 Å². The van der Waals surface area contributed by atoms with Gasteiger partial charge in [0.1, 0.15) is 6.61 Å². The zero-order valence-electron chi connectivity index (χ0n) is 6.65. The van der Waals surface area contributed by atoms with E-state index in [4.69, 9.17) is 0 Å². The molecule has 0 aromatic rings. The Morgan fingerprint density at radius 2 is 2.10 bits per heavy atom. The largest absolute Gasteiger partial charge is 0.366 e. The Hall–Kier alpha value is -0.480. The average molecular weight is 139 g/mol. The highest BCUT2D eigenvalue weighted by molar-refractivity contribution is 4.98. The molecule has 0 unspecified atom stereocenters. The van der Waals surface area contributed by atoms with Gasteiger partial charge in [-0.25, -0.2) is 0 Å². The van der Waals surface area contributed by atoms with Crippen LogP contribution in [0.1, 0.15) is 32.6 Å². The van der Waals surface area contributed by atoms with Crippen molar-refractivity contribution in [3.8, 4) is 11.8 Å². The predicted molar refractivity (Wildman–Crippen MR) is 43.2 cm³/mol. The molecule has 0 spiro atoms. The van der Waals surface area contributed by atoms with E-state index in [1.165, 1.54) is 19.3 Å². The van der Waals surface area contributed by atoms with Crippen LogP contribution in [-0.4, -0.2) is 6.61 Å². The van der Waals surface area contributed by atoms with E-state index in [9.17, 15) is 0 Å². The molecule has 0 amide bonds. The van der Waals surface area contributed by atoms with Crippen molar-refractivity contribution in [2.24, 2.45) is 0 Å². The van der Waals surface area contributed by atoms with Crippen molar-refractivity contribution in [3.63, 3.8) is 0 Å². The van der Waals surface area contributed by atoms with Gasteiger partial charge in [0.25, 0.3) is 0 Å². The molecular formula is C9H15O. The van der Waals surface area contributed by atoms with Gasteiger partial charge in [0.15, 0.2) is 0 Å². The van der Waals surface area contributed by atoms with Crippen LogP contribution in [-0.2, 0) is 4.74 Å². The van der Waals surface area contributed by atoms with Gasteiger partial charge in [0.05, 0.1) is 7.11 Å². The molecule has 0 saturated heterocycles. The molecule has 1 heteroatoms. The number of unbranched alkanes of at least 4 members (excludes halogenated alkanes) is 3. The van der Waals surface area contributed by atoms with E-state index in [2.05, 4.69) is 30.6 Å². The third-order valence-electron chi connectivity index (χ3n) is 1.20. The van der Waals surface area contributed by atoms with Gasteiger partial charge in [-0.3, -0.25) is 0 Å². The van der Waals surface area contributed by atoms with E-state index in [0.29, 0.717) is 6.61 Å². The Balaban J connectivity index is 2.96. The van der Waals surface area contributed by atoms with Gasteiger partial charge < -0.3 is 4.74 Å². The van der Waals surface area contributed by atoms with Gasteiger partial charge >= 0.3 is 0 Å². The molecule has 0 atom stereocenters. The van der Waals surface area contributed by atoms with Crippen LogP contribution in [0, 0.1) is 19.0 Å². The molecule has 1 nitrogen and oxygen atoms in total. The summed E-state index contributed by atoms with van der Waals surface area (Å²) in [6, 6.07) is 0. The maximum Gasteiger partial charge on any atom is 0.107 e. The molecule has 0 aromatic carbocycles. The lowest BCUT2D eigenvalue weighted by atomic mass is 10.2. The fourth-order valence-electron chi connectivity index (χ4n) is 0.654. The van der Waals surface area contributed by atoms with Crippen LogP contribution in [0.25, 0.3) is 0 Å². The monoisotopic (exact) mass is 139 g/mol. The summed E-state index contributed by atoms with van der Waals surface area (Å²) >= 11 is 0. The summed E-state index contributed by atoms with van der Waals surface area (Å²) in [5.74, 6) is 5.87. The second kappa shape index (κ2) is 8.52. The summed E-state index contributed by atoms with van der Waals surface area (Å²) in [6.45, 7) is 2.65. The van der Waals surface area contributed by atoms with Crippen molar-refractivity contribution in [1.82, 2.24) is 0 Å². The quantitative estimate of drug-likeness (QED) is 0.429. The van der Waals surface area contributed by atoms with Crippen LogP contribution in [0.2, 0.25) is 0 Å². The summed E-state index contributed by atoms with van der Waals surface area (Å²) in [5, 5.41) is 0. The average Bonchev–Trinajstić information content (AvgIpc) is 1.97. The summed E-state index contributed by atoms with van der Waals surface area (Å²) in [4.78, 5) is 0. The zero-order chi connectivity index (χ0) is 7.66. The smallest absolute Gasteiger partial charge is 0.107 e. The summed E-state index contributed by atoms with van der Waals surface area (Å²) in [7, 11) is 3.22. The number of hydrogen-bond acceptors (Lipinski definition) is 1. The predicted octanol–water partition coefficient (Wildman–Crippen LogP) is 2.38. The minimum Gasteiger partial charge on any atom is -0.366 e. The lowest BCUT2D eigenvalue weighted by molar-refractivity contribution is 0.288. The van der Waals surface area contributed by atoms with Gasteiger partial charge in [-0.2, -0.15) is 0 Å². The number of rotatable bonds is 4. The molecule has 0 aromatic heterocycles. The standard InChI is InChI=1S/C9H15O/c1-3-4-5-6-7-8-9-10-2/h2-6,9H2,1H3. The highest BCUT2D eigenvalue weighted by Gasteiger charge is 1.79. The normalized spacial score (nSPS) is 8.60. The summed E-state index contributed by atoms with van der Waals surface area (Å²) < 4.78 is 4.52. The molecule has 0 N–H and O–H groups in total. The fraction of sp³-hybridized carbons (Fsp3) is 0.667. The van der Waals surface area contributed by atoms with Crippen molar-refractivity contribution in [1.29, 1.82) is 0 Å². The lowest BCUT2D eigenvalue weighted by Gasteiger charge is -1.88. The topological polar surface area (TPSA) is 9.23 Å². The Labute approximate surface area is 63.8 Å². The molecule has 0 saturated carbocycles.